The van der Waals surface area contributed by atoms with E-state index in [0.717, 1.165) is 5.56 Å². The molecular weight excluding hydrogens is 408 g/mol. The molecule has 1 aromatic carbocycles. The molecule has 2 rings (SSSR count). The Morgan fingerprint density at radius 3 is 2.16 bits per heavy atom. The Balaban J connectivity index is 2.20. The lowest BCUT2D eigenvalue weighted by atomic mass is 9.99. The first-order chi connectivity index (χ1) is 15.3. The van der Waals surface area contributed by atoms with Crippen LogP contribution >= 0.6 is 0 Å². The molecule has 0 fully saturated rings. The van der Waals surface area contributed by atoms with Gasteiger partial charge in [0.25, 0.3) is 11.8 Å². The molecule has 170 valence electrons. The van der Waals surface area contributed by atoms with E-state index in [-0.39, 0.29) is 12.3 Å². The Morgan fingerprint density at radius 1 is 0.906 bits per heavy atom. The Labute approximate surface area is 188 Å². The van der Waals surface area contributed by atoms with Crippen LogP contribution in [0.1, 0.15) is 43.1 Å². The second-order valence-electron chi connectivity index (χ2n) is 7.87. The average molecular weight is 439 g/mol. The van der Waals surface area contributed by atoms with Gasteiger partial charge in [0.05, 0.1) is 0 Å². The number of carbonyl (C=O) groups is 4. The topological polar surface area (TPSA) is 117 Å². The van der Waals surface area contributed by atoms with E-state index in [1.54, 1.807) is 19.1 Å². The smallest absolute Gasteiger partial charge is 0.289 e. The molecule has 8 heteroatoms. The van der Waals surface area contributed by atoms with Crippen molar-refractivity contribution in [3.8, 4) is 0 Å². The number of nitrogens with one attached hydrogen (secondary N) is 3. The van der Waals surface area contributed by atoms with Gasteiger partial charge in [-0.25, -0.2) is 0 Å². The summed E-state index contributed by atoms with van der Waals surface area (Å²) in [6.07, 6.45) is 3.52. The Kier molecular flexibility index (Phi) is 9.53. The number of hydrogen-bond acceptors (Lipinski definition) is 5. The van der Waals surface area contributed by atoms with Gasteiger partial charge >= 0.3 is 0 Å². The van der Waals surface area contributed by atoms with Crippen molar-refractivity contribution in [1.29, 1.82) is 0 Å². The number of pyridine rings is 1. The van der Waals surface area contributed by atoms with Crippen molar-refractivity contribution >= 4 is 23.5 Å². The number of Topliss-reactive ketones (excluding diaryl/α,β-unsaturated/α-hetero) is 1. The fourth-order valence-corrected chi connectivity index (χ4v) is 3.19. The summed E-state index contributed by atoms with van der Waals surface area (Å²) >= 11 is 0. The number of likely N-dealkylation sites (N-methyl/N-ethyl adjacent to an activating group) is 1. The van der Waals surface area contributed by atoms with Crippen molar-refractivity contribution in [1.82, 2.24) is 20.9 Å². The molecule has 32 heavy (non-hydrogen) atoms. The van der Waals surface area contributed by atoms with Gasteiger partial charge in [0.1, 0.15) is 12.1 Å². The van der Waals surface area contributed by atoms with Crippen molar-refractivity contribution in [3.05, 3.63) is 66.0 Å². The van der Waals surface area contributed by atoms with Gasteiger partial charge in [-0.3, -0.25) is 24.2 Å². The molecule has 0 bridgehead atoms. The fourth-order valence-electron chi connectivity index (χ4n) is 3.19. The van der Waals surface area contributed by atoms with Gasteiger partial charge in [-0.05, 0) is 37.0 Å². The van der Waals surface area contributed by atoms with Gasteiger partial charge in [-0.1, -0.05) is 44.2 Å². The minimum atomic E-state index is -1.05. The zero-order valence-corrected chi connectivity index (χ0v) is 18.6. The summed E-state index contributed by atoms with van der Waals surface area (Å²) in [7, 11) is 0. The van der Waals surface area contributed by atoms with Gasteiger partial charge < -0.3 is 16.0 Å². The lowest BCUT2D eigenvalue weighted by Crippen LogP contribution is -2.54. The third-order valence-electron chi connectivity index (χ3n) is 4.75. The molecule has 3 N–H and O–H groups in total. The number of amides is 3. The standard InChI is InChI=1S/C24H30N4O4/c1-4-26-24(32)21(29)19(15-17-8-6-5-7-9-17)27-23(31)20(14-16(2)3)28-22(30)18-10-12-25-13-11-18/h5-13,16,19-20H,4,14-15H2,1-3H3,(H,26,32)(H,27,31)(H,28,30)/t19?,20-/m0/s1. The normalized spacial score (nSPS) is 12.5. The largest absolute Gasteiger partial charge is 0.350 e. The summed E-state index contributed by atoms with van der Waals surface area (Å²) in [4.78, 5) is 54.5. The number of ketones is 1. The quantitative estimate of drug-likeness (QED) is 0.461. The summed E-state index contributed by atoms with van der Waals surface area (Å²) in [6.45, 7) is 5.87. The van der Waals surface area contributed by atoms with Gasteiger partial charge in [0.15, 0.2) is 0 Å². The van der Waals surface area contributed by atoms with Crippen molar-refractivity contribution in [2.24, 2.45) is 5.92 Å². The Morgan fingerprint density at radius 2 is 1.56 bits per heavy atom. The number of benzene rings is 1. The third kappa shape index (κ3) is 7.61. The van der Waals surface area contributed by atoms with Crippen LogP contribution in [-0.2, 0) is 20.8 Å². The SMILES string of the molecule is CCNC(=O)C(=O)C(Cc1ccccc1)NC(=O)[C@H](CC(C)C)NC(=O)c1ccncc1. The molecule has 1 aromatic heterocycles. The highest BCUT2D eigenvalue weighted by Crippen LogP contribution is 2.09. The van der Waals surface area contributed by atoms with Gasteiger partial charge in [-0.15, -0.1) is 0 Å². The molecule has 1 unspecified atom stereocenters. The summed E-state index contributed by atoms with van der Waals surface area (Å²) < 4.78 is 0. The van der Waals surface area contributed by atoms with Crippen LogP contribution in [0, 0.1) is 5.92 Å². The number of rotatable bonds is 11. The van der Waals surface area contributed by atoms with Gasteiger partial charge in [-0.2, -0.15) is 0 Å². The molecule has 0 aliphatic heterocycles. The molecule has 1 heterocycles. The molecule has 0 saturated heterocycles. The highest BCUT2D eigenvalue weighted by molar-refractivity contribution is 6.38. The molecule has 3 amide bonds. The summed E-state index contributed by atoms with van der Waals surface area (Å²) in [5.74, 6) is -2.31. The molecule has 2 aromatic rings. The van der Waals surface area contributed by atoms with E-state index >= 15 is 0 Å². The predicted octanol–water partition coefficient (Wildman–Crippen LogP) is 1.66. The van der Waals surface area contributed by atoms with E-state index < -0.39 is 35.6 Å². The fraction of sp³-hybridized carbons (Fsp3) is 0.375. The van der Waals surface area contributed by atoms with Crippen molar-refractivity contribution in [3.63, 3.8) is 0 Å². The first kappa shape index (κ1) is 24.7. The van der Waals surface area contributed by atoms with Crippen LogP contribution in [0.3, 0.4) is 0 Å². The monoisotopic (exact) mass is 438 g/mol. The molecule has 0 radical (unpaired) electrons. The highest BCUT2D eigenvalue weighted by atomic mass is 16.2. The Hall–Kier alpha value is -3.55. The molecule has 8 nitrogen and oxygen atoms in total. The maximum absolute atomic E-state index is 13.1. The van der Waals surface area contributed by atoms with E-state index in [1.165, 1.54) is 12.4 Å². The number of carbonyl (C=O) groups excluding carboxylic acids is 4. The van der Waals surface area contributed by atoms with Crippen LogP contribution in [-0.4, -0.2) is 47.1 Å². The first-order valence-electron chi connectivity index (χ1n) is 10.7. The minimum absolute atomic E-state index is 0.107. The molecule has 0 spiro atoms. The van der Waals surface area contributed by atoms with E-state index in [0.29, 0.717) is 18.5 Å². The van der Waals surface area contributed by atoms with Crippen molar-refractivity contribution in [2.45, 2.75) is 45.7 Å². The number of aromatic nitrogens is 1. The lowest BCUT2D eigenvalue weighted by Gasteiger charge is -2.24. The van der Waals surface area contributed by atoms with Crippen LogP contribution in [0.25, 0.3) is 0 Å². The minimum Gasteiger partial charge on any atom is -0.350 e. The maximum Gasteiger partial charge on any atom is 0.289 e. The number of nitrogens with zero attached hydrogens (tertiary/aromatic N) is 1. The first-order valence-corrected chi connectivity index (χ1v) is 10.7. The second-order valence-corrected chi connectivity index (χ2v) is 7.87. The third-order valence-corrected chi connectivity index (χ3v) is 4.75. The van der Waals surface area contributed by atoms with Gasteiger partial charge in [0, 0.05) is 30.9 Å². The summed E-state index contributed by atoms with van der Waals surface area (Å²) in [6, 6.07) is 10.3. The van der Waals surface area contributed by atoms with E-state index in [2.05, 4.69) is 20.9 Å². The molecule has 0 aliphatic carbocycles. The van der Waals surface area contributed by atoms with E-state index in [1.807, 2.05) is 44.2 Å². The second kappa shape index (κ2) is 12.3. The zero-order chi connectivity index (χ0) is 23.5. The summed E-state index contributed by atoms with van der Waals surface area (Å²) in [5, 5.41) is 7.91. The summed E-state index contributed by atoms with van der Waals surface area (Å²) in [5.41, 5.74) is 1.18. The van der Waals surface area contributed by atoms with Crippen LogP contribution in [0.4, 0.5) is 0 Å². The van der Waals surface area contributed by atoms with Crippen molar-refractivity contribution in [2.75, 3.05) is 6.54 Å². The predicted molar refractivity (Wildman–Crippen MR) is 121 cm³/mol. The van der Waals surface area contributed by atoms with Crippen LogP contribution < -0.4 is 16.0 Å². The maximum atomic E-state index is 13.1. The molecule has 0 saturated carbocycles. The highest BCUT2D eigenvalue weighted by Gasteiger charge is 2.30. The molecule has 2 atom stereocenters. The van der Waals surface area contributed by atoms with E-state index in [4.69, 9.17) is 0 Å². The van der Waals surface area contributed by atoms with E-state index in [9.17, 15) is 19.2 Å². The van der Waals surface area contributed by atoms with Crippen LogP contribution in [0.2, 0.25) is 0 Å². The average Bonchev–Trinajstić information content (AvgIpc) is 2.78. The Bertz CT molecular complexity index is 916. The number of hydrogen-bond donors (Lipinski definition) is 3. The lowest BCUT2D eigenvalue weighted by molar-refractivity contribution is -0.140. The van der Waals surface area contributed by atoms with Crippen molar-refractivity contribution < 1.29 is 19.2 Å². The van der Waals surface area contributed by atoms with Crippen LogP contribution in [0.5, 0.6) is 0 Å². The van der Waals surface area contributed by atoms with Gasteiger partial charge in [0.2, 0.25) is 11.7 Å². The van der Waals surface area contributed by atoms with Crippen LogP contribution in [0.15, 0.2) is 54.9 Å². The molecular formula is C24H30N4O4. The molecule has 0 aliphatic rings. The zero-order valence-electron chi connectivity index (χ0n) is 18.6.